The zero-order valence-electron chi connectivity index (χ0n) is 16.3. The Morgan fingerprint density at radius 3 is 2.57 bits per heavy atom. The van der Waals surface area contributed by atoms with E-state index in [1.165, 1.54) is 37.2 Å². The molecule has 28 heavy (non-hydrogen) atoms. The average molecular weight is 400 g/mol. The maximum Gasteiger partial charge on any atom is 0.319 e. The lowest BCUT2D eigenvalue weighted by Crippen LogP contribution is -2.56. The van der Waals surface area contributed by atoms with Gasteiger partial charge in [0.25, 0.3) is 0 Å². The summed E-state index contributed by atoms with van der Waals surface area (Å²) in [4.78, 5) is 15.1. The van der Waals surface area contributed by atoms with Gasteiger partial charge in [-0.25, -0.2) is 4.79 Å². The molecule has 1 aromatic heterocycles. The van der Waals surface area contributed by atoms with Crippen molar-refractivity contribution in [1.29, 1.82) is 0 Å². The van der Waals surface area contributed by atoms with E-state index in [1.54, 1.807) is 6.20 Å². The Bertz CT molecular complexity index is 750. The van der Waals surface area contributed by atoms with Gasteiger partial charge in [-0.3, -0.25) is 9.58 Å². The number of carbonyl (C=O) groups is 1. The molecular formula is C21H29N5OS. The first-order valence-electron chi connectivity index (χ1n) is 10.2. The fourth-order valence-corrected chi connectivity index (χ4v) is 5.27. The first kappa shape index (κ1) is 19.3. The molecule has 4 rings (SSSR count). The van der Waals surface area contributed by atoms with Gasteiger partial charge in [-0.05, 0) is 36.6 Å². The number of carbonyl (C=O) groups excluding carboxylic acids is 1. The van der Waals surface area contributed by atoms with E-state index in [0.29, 0.717) is 0 Å². The molecule has 1 saturated heterocycles. The molecule has 2 heterocycles. The highest BCUT2D eigenvalue weighted by Crippen LogP contribution is 2.36. The number of thioether (sulfide) groups is 1. The van der Waals surface area contributed by atoms with Gasteiger partial charge in [-0.2, -0.15) is 16.9 Å². The van der Waals surface area contributed by atoms with Crippen molar-refractivity contribution in [3.63, 3.8) is 0 Å². The predicted octanol–water partition coefficient (Wildman–Crippen LogP) is 3.41. The number of aromatic nitrogens is 2. The summed E-state index contributed by atoms with van der Waals surface area (Å²) in [5.41, 5.74) is 2.13. The van der Waals surface area contributed by atoms with Crippen LogP contribution in [-0.2, 0) is 6.54 Å². The van der Waals surface area contributed by atoms with Crippen molar-refractivity contribution in [2.75, 3.05) is 36.5 Å². The van der Waals surface area contributed by atoms with Crippen molar-refractivity contribution in [2.24, 2.45) is 0 Å². The smallest absolute Gasteiger partial charge is 0.319 e. The van der Waals surface area contributed by atoms with Gasteiger partial charge in [0.2, 0.25) is 0 Å². The first-order chi connectivity index (χ1) is 13.7. The molecule has 1 saturated carbocycles. The summed E-state index contributed by atoms with van der Waals surface area (Å²) in [6, 6.07) is 9.76. The Hall–Kier alpha value is -1.99. The Morgan fingerprint density at radius 2 is 1.89 bits per heavy atom. The highest BCUT2D eigenvalue weighted by atomic mass is 32.2. The SMILES string of the molecule is O=C(NCC1(N2CCSCC2)CCCC1)Nc1ccc(Cn2cccn2)cc1. The molecule has 1 aliphatic heterocycles. The van der Waals surface area contributed by atoms with Gasteiger partial charge < -0.3 is 10.6 Å². The van der Waals surface area contributed by atoms with Gasteiger partial charge in [-0.15, -0.1) is 0 Å². The number of benzene rings is 1. The van der Waals surface area contributed by atoms with Crippen LogP contribution in [0.15, 0.2) is 42.7 Å². The molecule has 7 heteroatoms. The molecule has 0 radical (unpaired) electrons. The van der Waals surface area contributed by atoms with Crippen LogP contribution in [0, 0.1) is 0 Å². The highest BCUT2D eigenvalue weighted by Gasteiger charge is 2.40. The van der Waals surface area contributed by atoms with Crippen molar-refractivity contribution in [2.45, 2.75) is 37.8 Å². The van der Waals surface area contributed by atoms with Crippen LogP contribution in [0.2, 0.25) is 0 Å². The number of hydrogen-bond donors (Lipinski definition) is 2. The molecule has 6 nitrogen and oxygen atoms in total. The number of rotatable bonds is 6. The van der Waals surface area contributed by atoms with Crippen LogP contribution in [0.4, 0.5) is 10.5 Å². The summed E-state index contributed by atoms with van der Waals surface area (Å²) in [7, 11) is 0. The maximum absolute atomic E-state index is 12.5. The first-order valence-corrected chi connectivity index (χ1v) is 11.3. The van der Waals surface area contributed by atoms with E-state index in [2.05, 4.69) is 20.6 Å². The molecule has 0 spiro atoms. The fourth-order valence-electron chi connectivity index (χ4n) is 4.37. The minimum atomic E-state index is -0.113. The Labute approximate surface area is 171 Å². The van der Waals surface area contributed by atoms with Crippen LogP contribution in [0.5, 0.6) is 0 Å². The monoisotopic (exact) mass is 399 g/mol. The number of amides is 2. The molecule has 2 aliphatic rings. The molecule has 2 N–H and O–H groups in total. The Kier molecular flexibility index (Phi) is 6.22. The van der Waals surface area contributed by atoms with E-state index in [-0.39, 0.29) is 11.6 Å². The fraction of sp³-hybridized carbons (Fsp3) is 0.524. The van der Waals surface area contributed by atoms with Crippen molar-refractivity contribution >= 4 is 23.5 Å². The molecule has 2 fully saturated rings. The quantitative estimate of drug-likeness (QED) is 0.781. The van der Waals surface area contributed by atoms with Crippen molar-refractivity contribution < 1.29 is 4.79 Å². The summed E-state index contributed by atoms with van der Waals surface area (Å²) in [6.07, 6.45) is 8.65. The Balaban J connectivity index is 1.29. The summed E-state index contributed by atoms with van der Waals surface area (Å²) >= 11 is 2.04. The number of anilines is 1. The van der Waals surface area contributed by atoms with E-state index >= 15 is 0 Å². The zero-order chi connectivity index (χ0) is 19.2. The summed E-state index contributed by atoms with van der Waals surface area (Å²) in [5.74, 6) is 2.41. The molecule has 2 amide bonds. The van der Waals surface area contributed by atoms with Crippen LogP contribution in [0.25, 0.3) is 0 Å². The molecule has 2 aromatic rings. The second-order valence-corrected chi connectivity index (χ2v) is 8.96. The van der Waals surface area contributed by atoms with Crippen LogP contribution < -0.4 is 10.6 Å². The Morgan fingerprint density at radius 1 is 1.14 bits per heavy atom. The van der Waals surface area contributed by atoms with E-state index in [1.807, 2.05) is 53.0 Å². The van der Waals surface area contributed by atoms with Gasteiger partial charge >= 0.3 is 6.03 Å². The summed E-state index contributed by atoms with van der Waals surface area (Å²) in [6.45, 7) is 3.76. The second-order valence-electron chi connectivity index (χ2n) is 7.74. The molecule has 0 atom stereocenters. The van der Waals surface area contributed by atoms with Crippen molar-refractivity contribution in [1.82, 2.24) is 20.0 Å². The summed E-state index contributed by atoms with van der Waals surface area (Å²) < 4.78 is 1.88. The average Bonchev–Trinajstić information content (AvgIpc) is 3.41. The normalized spacial score (nSPS) is 19.4. The third-order valence-electron chi connectivity index (χ3n) is 5.91. The molecule has 0 unspecified atom stereocenters. The number of nitrogens with zero attached hydrogens (tertiary/aromatic N) is 3. The molecule has 0 bridgehead atoms. The lowest BCUT2D eigenvalue weighted by Gasteiger charge is -2.43. The lowest BCUT2D eigenvalue weighted by atomic mass is 9.94. The topological polar surface area (TPSA) is 62.2 Å². The standard InChI is InChI=1S/C21H29N5OS/c27-20(22-17-21(8-1-2-9-21)25-12-14-28-15-13-25)24-19-6-4-18(5-7-19)16-26-11-3-10-23-26/h3-7,10-11H,1-2,8-9,12-17H2,(H2,22,24,27). The number of urea groups is 1. The van der Waals surface area contributed by atoms with E-state index in [0.717, 1.165) is 37.4 Å². The third kappa shape index (κ3) is 4.70. The van der Waals surface area contributed by atoms with Crippen molar-refractivity contribution in [3.8, 4) is 0 Å². The van der Waals surface area contributed by atoms with Crippen molar-refractivity contribution in [3.05, 3.63) is 48.3 Å². The predicted molar refractivity (Wildman–Crippen MR) is 115 cm³/mol. The highest BCUT2D eigenvalue weighted by molar-refractivity contribution is 7.99. The minimum absolute atomic E-state index is 0.113. The van der Waals surface area contributed by atoms with Gasteiger partial charge in [0.1, 0.15) is 0 Å². The van der Waals surface area contributed by atoms with Gasteiger partial charge in [0.15, 0.2) is 0 Å². The van der Waals surface area contributed by atoms with Crippen LogP contribution in [0.3, 0.4) is 0 Å². The molecule has 1 aliphatic carbocycles. The van der Waals surface area contributed by atoms with E-state index < -0.39 is 0 Å². The second kappa shape index (κ2) is 9.01. The molecule has 150 valence electrons. The third-order valence-corrected chi connectivity index (χ3v) is 6.85. The van der Waals surface area contributed by atoms with E-state index in [4.69, 9.17) is 0 Å². The van der Waals surface area contributed by atoms with Crippen LogP contribution >= 0.6 is 11.8 Å². The minimum Gasteiger partial charge on any atom is -0.336 e. The zero-order valence-corrected chi connectivity index (χ0v) is 17.1. The largest absolute Gasteiger partial charge is 0.336 e. The summed E-state index contributed by atoms with van der Waals surface area (Å²) in [5, 5.41) is 10.3. The molecular weight excluding hydrogens is 370 g/mol. The van der Waals surface area contributed by atoms with E-state index in [9.17, 15) is 4.79 Å². The van der Waals surface area contributed by atoms with Crippen LogP contribution in [0.1, 0.15) is 31.2 Å². The van der Waals surface area contributed by atoms with Gasteiger partial charge in [0.05, 0.1) is 6.54 Å². The molecule has 1 aromatic carbocycles. The van der Waals surface area contributed by atoms with Gasteiger partial charge in [-0.1, -0.05) is 25.0 Å². The lowest BCUT2D eigenvalue weighted by molar-refractivity contribution is 0.105. The number of nitrogens with one attached hydrogen (secondary N) is 2. The van der Waals surface area contributed by atoms with Crippen LogP contribution in [-0.4, -0.2) is 57.4 Å². The number of hydrogen-bond acceptors (Lipinski definition) is 4. The maximum atomic E-state index is 12.5. The van der Waals surface area contributed by atoms with Gasteiger partial charge in [0, 0.05) is 54.8 Å².